The molecule has 34 heavy (non-hydrogen) atoms. The second-order valence-corrected chi connectivity index (χ2v) is 9.81. The third kappa shape index (κ3) is 5.69. The Morgan fingerprint density at radius 3 is 2.56 bits per heavy atom. The van der Waals surface area contributed by atoms with Crippen LogP contribution < -0.4 is 4.74 Å². The number of ether oxygens (including phenoxy) is 2. The number of carbonyl (C=O) groups excluding carboxylic acids is 3. The highest BCUT2D eigenvalue weighted by molar-refractivity contribution is 9.10. The second-order valence-electron chi connectivity index (χ2n) is 7.97. The Hall–Kier alpha value is -3.10. The van der Waals surface area contributed by atoms with Gasteiger partial charge in [0, 0.05) is 0 Å². The number of nitrogens with zero attached hydrogens (tertiary/aromatic N) is 1. The molecule has 0 radical (unpaired) electrons. The number of benzene rings is 3. The highest BCUT2D eigenvalue weighted by Crippen LogP contribution is 2.34. The van der Waals surface area contributed by atoms with Gasteiger partial charge in [-0.15, -0.1) is 0 Å². The van der Waals surface area contributed by atoms with Crippen LogP contribution in [0.4, 0.5) is 4.79 Å². The van der Waals surface area contributed by atoms with Gasteiger partial charge in [-0.1, -0.05) is 42.5 Å². The van der Waals surface area contributed by atoms with Crippen molar-refractivity contribution < 1.29 is 23.9 Å². The van der Waals surface area contributed by atoms with Gasteiger partial charge >= 0.3 is 5.97 Å². The summed E-state index contributed by atoms with van der Waals surface area (Å²) in [6.07, 6.45) is 1.30. The third-order valence-electron chi connectivity index (χ3n) is 4.99. The van der Waals surface area contributed by atoms with E-state index < -0.39 is 23.7 Å². The van der Waals surface area contributed by atoms with E-state index in [1.165, 1.54) is 5.39 Å². The van der Waals surface area contributed by atoms with Crippen LogP contribution in [0.25, 0.3) is 16.8 Å². The molecule has 0 bridgehead atoms. The van der Waals surface area contributed by atoms with Crippen molar-refractivity contribution >= 4 is 61.7 Å². The van der Waals surface area contributed by atoms with Gasteiger partial charge in [0.25, 0.3) is 11.1 Å². The number of thioether (sulfide) groups is 1. The van der Waals surface area contributed by atoms with Gasteiger partial charge in [-0.3, -0.25) is 19.3 Å². The lowest BCUT2D eigenvalue weighted by molar-refractivity contribution is -0.149. The average Bonchev–Trinajstić information content (AvgIpc) is 3.05. The summed E-state index contributed by atoms with van der Waals surface area (Å²) in [6, 6.07) is 19.8. The Kier molecular flexibility index (Phi) is 7.38. The van der Waals surface area contributed by atoms with Crippen LogP contribution in [0.5, 0.6) is 5.75 Å². The molecule has 1 heterocycles. The number of esters is 1. The second kappa shape index (κ2) is 10.4. The Morgan fingerprint density at radius 2 is 1.82 bits per heavy atom. The van der Waals surface area contributed by atoms with E-state index in [9.17, 15) is 14.4 Å². The largest absolute Gasteiger partial charge is 0.488 e. The normalized spacial score (nSPS) is 14.9. The first kappa shape index (κ1) is 24.0. The molecule has 1 aliphatic heterocycles. The molecule has 1 aliphatic rings. The van der Waals surface area contributed by atoms with Crippen molar-refractivity contribution in [1.82, 2.24) is 4.90 Å². The van der Waals surface area contributed by atoms with Gasteiger partial charge in [0.15, 0.2) is 0 Å². The standard InChI is InChI=1S/C26H22BrNO5S/c1-16(2)33-24(29)14-28-25(30)23(34-26(28)31)13-17-8-10-22(21(27)12-17)32-15-18-7-9-19-5-3-4-6-20(19)11-18/h3-13,16H,14-15H2,1-2H3/b23-13+. The zero-order valence-electron chi connectivity index (χ0n) is 18.6. The van der Waals surface area contributed by atoms with Crippen LogP contribution in [0.15, 0.2) is 70.0 Å². The summed E-state index contributed by atoms with van der Waals surface area (Å²) in [5.41, 5.74) is 1.78. The van der Waals surface area contributed by atoms with E-state index >= 15 is 0 Å². The SMILES string of the molecule is CC(C)OC(=O)CN1C(=O)S/C(=C/c2ccc(OCc3ccc4ccccc4c3)c(Br)c2)C1=O. The average molecular weight is 540 g/mol. The number of halogens is 1. The lowest BCUT2D eigenvalue weighted by Gasteiger charge is -2.13. The maximum Gasteiger partial charge on any atom is 0.326 e. The maximum absolute atomic E-state index is 12.6. The highest BCUT2D eigenvalue weighted by Gasteiger charge is 2.36. The molecule has 1 fully saturated rings. The quantitative estimate of drug-likeness (QED) is 0.264. The summed E-state index contributed by atoms with van der Waals surface area (Å²) in [4.78, 5) is 37.8. The van der Waals surface area contributed by atoms with Crippen molar-refractivity contribution in [3.63, 3.8) is 0 Å². The number of imide groups is 1. The molecule has 2 amide bonds. The number of amides is 2. The molecule has 0 atom stereocenters. The minimum Gasteiger partial charge on any atom is -0.488 e. The smallest absolute Gasteiger partial charge is 0.326 e. The molecule has 0 N–H and O–H groups in total. The van der Waals surface area contributed by atoms with Crippen molar-refractivity contribution in [2.75, 3.05) is 6.54 Å². The van der Waals surface area contributed by atoms with E-state index in [-0.39, 0.29) is 11.0 Å². The van der Waals surface area contributed by atoms with Crippen LogP contribution >= 0.6 is 27.7 Å². The zero-order chi connectivity index (χ0) is 24.2. The fraction of sp³-hybridized carbons (Fsp3) is 0.192. The van der Waals surface area contributed by atoms with E-state index in [4.69, 9.17) is 9.47 Å². The first-order chi connectivity index (χ1) is 16.3. The molecular weight excluding hydrogens is 518 g/mol. The van der Waals surface area contributed by atoms with Crippen molar-refractivity contribution in [2.45, 2.75) is 26.6 Å². The Balaban J connectivity index is 1.42. The predicted molar refractivity (Wildman–Crippen MR) is 136 cm³/mol. The van der Waals surface area contributed by atoms with Crippen LogP contribution in [0, 0.1) is 0 Å². The summed E-state index contributed by atoms with van der Waals surface area (Å²) in [6.45, 7) is 3.43. The Morgan fingerprint density at radius 1 is 1.06 bits per heavy atom. The fourth-order valence-corrected chi connectivity index (χ4v) is 4.78. The van der Waals surface area contributed by atoms with Crippen LogP contribution in [-0.2, 0) is 20.9 Å². The molecule has 3 aromatic rings. The molecule has 4 rings (SSSR count). The highest BCUT2D eigenvalue weighted by atomic mass is 79.9. The molecule has 0 unspecified atom stereocenters. The van der Waals surface area contributed by atoms with Gasteiger partial charge < -0.3 is 9.47 Å². The Bertz CT molecular complexity index is 1300. The Labute approximate surface area is 210 Å². The maximum atomic E-state index is 12.6. The monoisotopic (exact) mass is 539 g/mol. The summed E-state index contributed by atoms with van der Waals surface area (Å²) in [5.74, 6) is -0.465. The van der Waals surface area contributed by atoms with Crippen molar-refractivity contribution in [2.24, 2.45) is 0 Å². The van der Waals surface area contributed by atoms with Crippen LogP contribution in [0.2, 0.25) is 0 Å². The van der Waals surface area contributed by atoms with E-state index in [0.29, 0.717) is 12.4 Å². The van der Waals surface area contributed by atoms with Gasteiger partial charge in [0.05, 0.1) is 15.5 Å². The first-order valence-corrected chi connectivity index (χ1v) is 12.3. The molecule has 1 saturated heterocycles. The number of hydrogen-bond acceptors (Lipinski definition) is 6. The van der Waals surface area contributed by atoms with Crippen LogP contribution in [0.1, 0.15) is 25.0 Å². The number of carbonyl (C=O) groups is 3. The third-order valence-corrected chi connectivity index (χ3v) is 6.52. The van der Waals surface area contributed by atoms with Crippen LogP contribution in [0.3, 0.4) is 0 Å². The van der Waals surface area contributed by atoms with Gasteiger partial charge in [0.1, 0.15) is 18.9 Å². The van der Waals surface area contributed by atoms with Gasteiger partial charge in [-0.2, -0.15) is 0 Å². The molecule has 0 aliphatic carbocycles. The summed E-state index contributed by atoms with van der Waals surface area (Å²) >= 11 is 4.32. The molecule has 3 aromatic carbocycles. The molecular formula is C26H22BrNO5S. The summed E-state index contributed by atoms with van der Waals surface area (Å²) in [7, 11) is 0. The van der Waals surface area contributed by atoms with E-state index in [1.54, 1.807) is 26.0 Å². The van der Waals surface area contributed by atoms with Crippen molar-refractivity contribution in [3.8, 4) is 5.75 Å². The van der Waals surface area contributed by atoms with Gasteiger partial charge in [-0.05, 0) is 87.7 Å². The van der Waals surface area contributed by atoms with E-state index in [2.05, 4.69) is 40.2 Å². The fourth-order valence-electron chi connectivity index (χ4n) is 3.43. The number of hydrogen-bond donors (Lipinski definition) is 0. The first-order valence-electron chi connectivity index (χ1n) is 10.6. The lowest BCUT2D eigenvalue weighted by Crippen LogP contribution is -2.35. The minimum atomic E-state index is -0.616. The van der Waals surface area contributed by atoms with Crippen LogP contribution in [-0.4, -0.2) is 34.7 Å². The number of fused-ring (bicyclic) bond motifs is 1. The van der Waals surface area contributed by atoms with E-state index in [1.807, 2.05) is 30.3 Å². The van der Waals surface area contributed by atoms with E-state index in [0.717, 1.165) is 37.6 Å². The molecule has 0 aromatic heterocycles. The van der Waals surface area contributed by atoms with Crippen molar-refractivity contribution in [3.05, 3.63) is 81.2 Å². The van der Waals surface area contributed by atoms with Gasteiger partial charge in [-0.25, -0.2) is 0 Å². The summed E-state index contributed by atoms with van der Waals surface area (Å²) < 4.78 is 11.7. The topological polar surface area (TPSA) is 72.9 Å². The molecule has 174 valence electrons. The minimum absolute atomic E-state index is 0.249. The molecule has 0 saturated carbocycles. The zero-order valence-corrected chi connectivity index (χ0v) is 21.0. The van der Waals surface area contributed by atoms with Crippen molar-refractivity contribution in [1.29, 1.82) is 0 Å². The molecule has 8 heteroatoms. The lowest BCUT2D eigenvalue weighted by atomic mass is 10.1. The number of rotatable bonds is 7. The van der Waals surface area contributed by atoms with Gasteiger partial charge in [0.2, 0.25) is 0 Å². The summed E-state index contributed by atoms with van der Waals surface area (Å²) in [5, 5.41) is 1.84. The molecule has 0 spiro atoms. The predicted octanol–water partition coefficient (Wildman–Crippen LogP) is 6.17. The molecule has 6 nitrogen and oxygen atoms in total.